The predicted molar refractivity (Wildman–Crippen MR) is 168 cm³/mol. The molecule has 1 fully saturated rings. The Morgan fingerprint density at radius 3 is 2.49 bits per heavy atom. The Kier molecular flexibility index (Phi) is 7.51. The summed E-state index contributed by atoms with van der Waals surface area (Å²) in [5.41, 5.74) is 11.8. The number of rotatable bonds is 7. The Bertz CT molecular complexity index is 2010. The van der Waals surface area contributed by atoms with Crippen LogP contribution in [0.3, 0.4) is 0 Å². The Hall–Kier alpha value is -5.80. The Balaban J connectivity index is 1.13. The van der Waals surface area contributed by atoms with Crippen molar-refractivity contribution in [2.24, 2.45) is 0 Å². The molecule has 1 aliphatic rings. The SMILES string of the molecule is N#Cc1nccc(NC2CCN(Cc3ccc(-n4c(-c5cccnc5N)nc5cnc(-c6ccc(F)cn6)cc54)cc3)CC2)n1. The molecule has 0 aliphatic carbocycles. The molecular formula is C33H28FN11. The molecule has 0 atom stereocenters. The van der Waals surface area contributed by atoms with E-state index in [1.54, 1.807) is 30.7 Å². The van der Waals surface area contributed by atoms with Crippen molar-refractivity contribution in [3.63, 3.8) is 0 Å². The molecule has 1 saturated heterocycles. The topological polar surface area (TPSA) is 147 Å². The molecule has 5 aromatic heterocycles. The molecule has 3 N–H and O–H groups in total. The van der Waals surface area contributed by atoms with Crippen LogP contribution in [-0.2, 0) is 6.54 Å². The number of nitrogens with two attached hydrogens (primary N) is 1. The number of anilines is 2. The van der Waals surface area contributed by atoms with Gasteiger partial charge in [-0.05, 0) is 66.9 Å². The summed E-state index contributed by atoms with van der Waals surface area (Å²) in [6.07, 6.45) is 8.08. The highest BCUT2D eigenvalue weighted by atomic mass is 19.1. The summed E-state index contributed by atoms with van der Waals surface area (Å²) in [4.78, 5) is 28.6. The van der Waals surface area contributed by atoms with Gasteiger partial charge in [-0.2, -0.15) is 5.26 Å². The van der Waals surface area contributed by atoms with Crippen LogP contribution in [0.4, 0.5) is 16.0 Å². The number of likely N-dealkylation sites (tertiary alicyclic amines) is 1. The van der Waals surface area contributed by atoms with Crippen LogP contribution in [0, 0.1) is 17.1 Å². The van der Waals surface area contributed by atoms with E-state index in [1.807, 2.05) is 28.8 Å². The number of hydrogen-bond donors (Lipinski definition) is 2. The van der Waals surface area contributed by atoms with Gasteiger partial charge >= 0.3 is 0 Å². The normalized spacial score (nSPS) is 14.0. The van der Waals surface area contributed by atoms with Crippen LogP contribution in [0.2, 0.25) is 0 Å². The zero-order valence-corrected chi connectivity index (χ0v) is 24.2. The van der Waals surface area contributed by atoms with Gasteiger partial charge in [-0.1, -0.05) is 12.1 Å². The second-order valence-corrected chi connectivity index (χ2v) is 10.9. The third-order valence-electron chi connectivity index (χ3n) is 7.91. The summed E-state index contributed by atoms with van der Waals surface area (Å²) < 4.78 is 15.6. The lowest BCUT2D eigenvalue weighted by Crippen LogP contribution is -2.38. The zero-order chi connectivity index (χ0) is 30.8. The maximum Gasteiger partial charge on any atom is 0.234 e. The molecule has 1 aliphatic heterocycles. The summed E-state index contributed by atoms with van der Waals surface area (Å²) in [6.45, 7) is 2.72. The second kappa shape index (κ2) is 12.1. The van der Waals surface area contributed by atoms with Crippen LogP contribution in [0.15, 0.2) is 85.5 Å². The van der Waals surface area contributed by atoms with Gasteiger partial charge in [-0.25, -0.2) is 24.3 Å². The number of fused-ring (bicyclic) bond motifs is 1. The van der Waals surface area contributed by atoms with Crippen molar-refractivity contribution in [1.82, 2.24) is 39.4 Å². The van der Waals surface area contributed by atoms with Crippen LogP contribution in [0.1, 0.15) is 24.2 Å². The summed E-state index contributed by atoms with van der Waals surface area (Å²) in [5, 5.41) is 12.5. The number of nitriles is 1. The summed E-state index contributed by atoms with van der Waals surface area (Å²) in [5.74, 6) is 1.48. The first-order valence-electron chi connectivity index (χ1n) is 14.6. The maximum atomic E-state index is 13.5. The lowest BCUT2D eigenvalue weighted by molar-refractivity contribution is 0.211. The van der Waals surface area contributed by atoms with Crippen molar-refractivity contribution >= 4 is 22.7 Å². The quantitative estimate of drug-likeness (QED) is 0.257. The number of nitrogen functional groups attached to an aromatic ring is 1. The van der Waals surface area contributed by atoms with E-state index < -0.39 is 5.82 Å². The molecule has 6 aromatic rings. The van der Waals surface area contributed by atoms with Crippen molar-refractivity contribution in [3.05, 3.63) is 103 Å². The van der Waals surface area contributed by atoms with E-state index >= 15 is 0 Å². The Morgan fingerprint density at radius 1 is 0.911 bits per heavy atom. The molecule has 0 unspecified atom stereocenters. The lowest BCUT2D eigenvalue weighted by atomic mass is 10.0. The van der Waals surface area contributed by atoms with Crippen molar-refractivity contribution < 1.29 is 4.39 Å². The van der Waals surface area contributed by atoms with E-state index in [1.165, 1.54) is 17.8 Å². The number of imidazole rings is 1. The van der Waals surface area contributed by atoms with Gasteiger partial charge in [0.05, 0.1) is 34.9 Å². The van der Waals surface area contributed by atoms with Crippen LogP contribution < -0.4 is 11.1 Å². The summed E-state index contributed by atoms with van der Waals surface area (Å²) in [7, 11) is 0. The summed E-state index contributed by atoms with van der Waals surface area (Å²) in [6, 6.07) is 21.1. The van der Waals surface area contributed by atoms with Gasteiger partial charge in [0.1, 0.15) is 34.9 Å². The fourth-order valence-electron chi connectivity index (χ4n) is 5.64. The number of aromatic nitrogens is 7. The highest BCUT2D eigenvalue weighted by Gasteiger charge is 2.21. The minimum absolute atomic E-state index is 0.169. The number of hydrogen-bond acceptors (Lipinski definition) is 10. The van der Waals surface area contributed by atoms with Crippen molar-refractivity contribution in [3.8, 4) is 34.5 Å². The van der Waals surface area contributed by atoms with Gasteiger partial charge in [0.2, 0.25) is 5.82 Å². The van der Waals surface area contributed by atoms with Gasteiger partial charge in [0, 0.05) is 43.8 Å². The third-order valence-corrected chi connectivity index (χ3v) is 7.91. The van der Waals surface area contributed by atoms with Gasteiger partial charge in [0.25, 0.3) is 0 Å². The predicted octanol–water partition coefficient (Wildman–Crippen LogP) is 5.00. The number of piperidine rings is 1. The highest BCUT2D eigenvalue weighted by Crippen LogP contribution is 2.32. The van der Waals surface area contributed by atoms with Crippen molar-refractivity contribution in [1.29, 1.82) is 5.26 Å². The third kappa shape index (κ3) is 5.89. The van der Waals surface area contributed by atoms with Crippen LogP contribution >= 0.6 is 0 Å². The number of nitrogens with zero attached hydrogens (tertiary/aromatic N) is 9. The van der Waals surface area contributed by atoms with Gasteiger partial charge in [-0.3, -0.25) is 19.4 Å². The molecule has 0 saturated carbocycles. The van der Waals surface area contributed by atoms with E-state index in [2.05, 4.69) is 59.4 Å². The summed E-state index contributed by atoms with van der Waals surface area (Å²) >= 11 is 0. The minimum Gasteiger partial charge on any atom is -0.383 e. The fraction of sp³-hybridized carbons (Fsp3) is 0.182. The molecule has 11 nitrogen and oxygen atoms in total. The van der Waals surface area contributed by atoms with Gasteiger partial charge in [-0.15, -0.1) is 0 Å². The lowest BCUT2D eigenvalue weighted by Gasteiger charge is -2.32. The first-order valence-corrected chi connectivity index (χ1v) is 14.6. The molecule has 12 heteroatoms. The Morgan fingerprint density at radius 2 is 1.73 bits per heavy atom. The molecule has 7 rings (SSSR count). The smallest absolute Gasteiger partial charge is 0.234 e. The highest BCUT2D eigenvalue weighted by molar-refractivity contribution is 5.87. The van der Waals surface area contributed by atoms with E-state index in [0.29, 0.717) is 46.0 Å². The first-order chi connectivity index (χ1) is 22.0. The average molecular weight is 598 g/mol. The zero-order valence-electron chi connectivity index (χ0n) is 24.2. The standard InChI is InChI=1S/C33H28FN11/c34-22-5-8-26(39-18-22)27-16-29-28(19-40-27)42-33(25-2-1-12-38-32(25)36)45(29)24-6-3-21(4-7-24)20-44-14-10-23(11-15-44)41-30-9-13-37-31(17-35)43-30/h1-9,12-13,16,18-19,23H,10-11,14-15,20H2,(H2,36,38)(H,37,41,43). The number of halogens is 1. The van der Waals surface area contributed by atoms with Crippen molar-refractivity contribution in [2.75, 3.05) is 24.1 Å². The molecule has 6 heterocycles. The van der Waals surface area contributed by atoms with Crippen LogP contribution in [0.25, 0.3) is 39.5 Å². The molecule has 222 valence electrons. The largest absolute Gasteiger partial charge is 0.383 e. The van der Waals surface area contributed by atoms with E-state index in [9.17, 15) is 4.39 Å². The molecule has 0 amide bonds. The maximum absolute atomic E-state index is 13.5. The van der Waals surface area contributed by atoms with Gasteiger partial charge < -0.3 is 11.1 Å². The molecule has 1 aromatic carbocycles. The van der Waals surface area contributed by atoms with Gasteiger partial charge in [0.15, 0.2) is 0 Å². The number of nitrogens with one attached hydrogen (secondary N) is 1. The molecule has 0 radical (unpaired) electrons. The van der Waals surface area contributed by atoms with E-state index in [4.69, 9.17) is 16.0 Å². The number of benzene rings is 1. The van der Waals surface area contributed by atoms with Crippen molar-refractivity contribution in [2.45, 2.75) is 25.4 Å². The fourth-order valence-corrected chi connectivity index (χ4v) is 5.64. The van der Waals surface area contributed by atoms with E-state index in [-0.39, 0.29) is 5.82 Å². The molecule has 0 bridgehead atoms. The minimum atomic E-state index is -0.405. The average Bonchev–Trinajstić information content (AvgIpc) is 3.45. The molecule has 45 heavy (non-hydrogen) atoms. The Labute approximate surface area is 258 Å². The molecular weight excluding hydrogens is 569 g/mol. The van der Waals surface area contributed by atoms with Crippen LogP contribution in [0.5, 0.6) is 0 Å². The molecule has 0 spiro atoms. The monoisotopic (exact) mass is 597 g/mol. The second-order valence-electron chi connectivity index (χ2n) is 10.9. The first kappa shape index (κ1) is 28.0. The number of pyridine rings is 3. The van der Waals surface area contributed by atoms with Crippen LogP contribution in [-0.4, -0.2) is 58.5 Å². The van der Waals surface area contributed by atoms with E-state index in [0.717, 1.165) is 43.7 Å².